The molecule has 0 N–H and O–H groups in total. The summed E-state index contributed by atoms with van der Waals surface area (Å²) in [5.41, 5.74) is 0.0466. The molecule has 0 saturated carbocycles. The third kappa shape index (κ3) is 11.5. The second-order valence-electron chi connectivity index (χ2n) is 15.8. The van der Waals surface area contributed by atoms with Gasteiger partial charge in [-0.1, -0.05) is 30.3 Å². The van der Waals surface area contributed by atoms with E-state index in [-0.39, 0.29) is 17.2 Å². The summed E-state index contributed by atoms with van der Waals surface area (Å²) in [6.07, 6.45) is 4.72. The number of rotatable bonds is 20. The lowest BCUT2D eigenvalue weighted by atomic mass is 9.80. The van der Waals surface area contributed by atoms with Crippen molar-refractivity contribution in [3.05, 3.63) is 35.9 Å². The molecule has 0 bridgehead atoms. The van der Waals surface area contributed by atoms with Gasteiger partial charge in [0.15, 0.2) is 16.6 Å². The van der Waals surface area contributed by atoms with Gasteiger partial charge in [0.05, 0.1) is 33.0 Å². The van der Waals surface area contributed by atoms with Crippen LogP contribution in [0.3, 0.4) is 0 Å². The molecule has 3 fully saturated rings. The van der Waals surface area contributed by atoms with Crippen LogP contribution in [0.5, 0.6) is 0 Å². The Morgan fingerprint density at radius 1 is 0.818 bits per heavy atom. The van der Waals surface area contributed by atoms with Gasteiger partial charge in [-0.05, 0) is 104 Å². The van der Waals surface area contributed by atoms with Gasteiger partial charge in [-0.3, -0.25) is 4.84 Å². The van der Waals surface area contributed by atoms with Gasteiger partial charge in [0.25, 0.3) is 0 Å². The minimum Gasteiger partial charge on any atom is -0.414 e. The average Bonchev–Trinajstić information content (AvgIpc) is 3.85. The Balaban J connectivity index is 1.36. The molecule has 0 spiro atoms. The van der Waals surface area contributed by atoms with Crippen LogP contribution in [0.1, 0.15) is 65.9 Å². The lowest BCUT2D eigenvalue weighted by molar-refractivity contribution is -0.348. The van der Waals surface area contributed by atoms with Gasteiger partial charge in [0, 0.05) is 30.4 Å². The van der Waals surface area contributed by atoms with Crippen LogP contribution in [0.15, 0.2) is 30.3 Å². The van der Waals surface area contributed by atoms with E-state index in [1.54, 1.807) is 0 Å². The summed E-state index contributed by atoms with van der Waals surface area (Å²) in [7, 11) is -3.79. The van der Waals surface area contributed by atoms with Crippen molar-refractivity contribution in [3.8, 4) is 0 Å². The molecule has 3 atom stereocenters. The maximum atomic E-state index is 7.18. The van der Waals surface area contributed by atoms with Gasteiger partial charge in [-0.2, -0.15) is 5.06 Å². The van der Waals surface area contributed by atoms with Crippen LogP contribution in [-0.2, 0) is 38.2 Å². The van der Waals surface area contributed by atoms with E-state index in [1.807, 2.05) is 0 Å². The first-order chi connectivity index (χ1) is 20.6. The highest BCUT2D eigenvalue weighted by Crippen LogP contribution is 2.44. The molecule has 3 saturated heterocycles. The van der Waals surface area contributed by atoms with Crippen molar-refractivity contribution in [2.45, 2.75) is 134 Å². The number of epoxide rings is 2. The van der Waals surface area contributed by atoms with Crippen LogP contribution < -0.4 is 0 Å². The van der Waals surface area contributed by atoms with Gasteiger partial charge in [0.1, 0.15) is 17.8 Å². The second kappa shape index (κ2) is 15.0. The summed E-state index contributed by atoms with van der Waals surface area (Å²) in [6.45, 7) is 25.8. The van der Waals surface area contributed by atoms with Crippen LogP contribution in [0.2, 0.25) is 38.3 Å². The minimum atomic E-state index is -1.94. The Bertz CT molecular complexity index is 998. The lowest BCUT2D eigenvalue weighted by Gasteiger charge is -2.56. The molecule has 3 unspecified atom stereocenters. The van der Waals surface area contributed by atoms with Crippen molar-refractivity contribution < 1.29 is 32.6 Å². The number of hydrogen-bond acceptors (Lipinski definition) is 8. The zero-order chi connectivity index (χ0) is 32.1. The van der Waals surface area contributed by atoms with E-state index in [4.69, 9.17) is 32.6 Å². The Morgan fingerprint density at radius 3 is 1.82 bits per heavy atom. The van der Waals surface area contributed by atoms with Crippen LogP contribution in [0.4, 0.5) is 0 Å². The Morgan fingerprint density at radius 2 is 1.32 bits per heavy atom. The lowest BCUT2D eigenvalue weighted by Crippen LogP contribution is -2.64. The standard InChI is InChI=1S/C34H61NO7Si2/c1-32(2)21-29(41-44(8,9)20-14-18-37-24-31-26-39-31)22-33(3,4)35(32)42-34(5,28-15-11-10-12-16-28)27-40-43(6,7)19-13-17-36-23-30-25-38-30/h10-12,15-16,29-31H,13-14,17-27H2,1-9H3. The van der Waals surface area contributed by atoms with Gasteiger partial charge in [-0.25, -0.2) is 0 Å². The quantitative estimate of drug-likeness (QED) is 0.0856. The third-order valence-corrected chi connectivity index (χ3v) is 14.0. The molecule has 44 heavy (non-hydrogen) atoms. The predicted octanol–water partition coefficient (Wildman–Crippen LogP) is 6.91. The molecular weight excluding hydrogens is 591 g/mol. The normalized spacial score (nSPS) is 25.1. The highest BCUT2D eigenvalue weighted by molar-refractivity contribution is 6.71. The van der Waals surface area contributed by atoms with E-state index < -0.39 is 22.2 Å². The molecule has 1 aromatic rings. The van der Waals surface area contributed by atoms with Gasteiger partial charge in [-0.15, -0.1) is 0 Å². The average molecular weight is 652 g/mol. The summed E-state index contributed by atoms with van der Waals surface area (Å²) >= 11 is 0. The van der Waals surface area contributed by atoms with Gasteiger partial charge < -0.3 is 27.8 Å². The van der Waals surface area contributed by atoms with E-state index >= 15 is 0 Å². The van der Waals surface area contributed by atoms with Crippen molar-refractivity contribution in [1.82, 2.24) is 5.06 Å². The summed E-state index contributed by atoms with van der Waals surface area (Å²) in [5, 5.41) is 2.26. The zero-order valence-corrected chi connectivity index (χ0v) is 31.1. The summed E-state index contributed by atoms with van der Waals surface area (Å²) in [5.74, 6) is 0. The van der Waals surface area contributed by atoms with Crippen molar-refractivity contribution in [3.63, 3.8) is 0 Å². The fraction of sp³-hybridized carbons (Fsp3) is 0.824. The molecule has 0 radical (unpaired) electrons. The van der Waals surface area contributed by atoms with Crippen molar-refractivity contribution >= 4 is 16.6 Å². The molecule has 1 aromatic carbocycles. The summed E-state index contributed by atoms with van der Waals surface area (Å²) in [6, 6.07) is 12.7. The predicted molar refractivity (Wildman–Crippen MR) is 180 cm³/mol. The zero-order valence-electron chi connectivity index (χ0n) is 29.1. The molecule has 0 aromatic heterocycles. The number of ether oxygens (including phenoxy) is 4. The van der Waals surface area contributed by atoms with E-state index in [1.165, 1.54) is 0 Å². The number of nitrogens with zero attached hydrogens (tertiary/aromatic N) is 1. The molecule has 3 heterocycles. The largest absolute Gasteiger partial charge is 0.414 e. The Hall–Kier alpha value is -0.666. The highest BCUT2D eigenvalue weighted by Gasteiger charge is 2.51. The van der Waals surface area contributed by atoms with E-state index in [0.29, 0.717) is 25.4 Å². The van der Waals surface area contributed by atoms with E-state index in [0.717, 1.165) is 76.4 Å². The van der Waals surface area contributed by atoms with Crippen molar-refractivity contribution in [1.29, 1.82) is 0 Å². The molecule has 4 rings (SSSR count). The van der Waals surface area contributed by atoms with Crippen LogP contribution in [-0.4, -0.2) is 97.3 Å². The maximum absolute atomic E-state index is 7.18. The van der Waals surface area contributed by atoms with Gasteiger partial charge in [0.2, 0.25) is 0 Å². The summed E-state index contributed by atoms with van der Waals surface area (Å²) in [4.78, 5) is 7.18. The number of benzene rings is 1. The maximum Gasteiger partial charge on any atom is 0.187 e. The first kappa shape index (κ1) is 36.2. The van der Waals surface area contributed by atoms with Crippen molar-refractivity contribution in [2.75, 3.05) is 46.2 Å². The number of hydroxylamine groups is 2. The van der Waals surface area contributed by atoms with Gasteiger partial charge >= 0.3 is 0 Å². The second-order valence-corrected chi connectivity index (χ2v) is 24.4. The minimum absolute atomic E-state index is 0.196. The van der Waals surface area contributed by atoms with Crippen LogP contribution >= 0.6 is 0 Å². The number of piperidine rings is 1. The third-order valence-electron chi connectivity index (χ3n) is 9.00. The van der Waals surface area contributed by atoms with E-state index in [2.05, 4.69) is 96.2 Å². The molecule has 10 heteroatoms. The summed E-state index contributed by atoms with van der Waals surface area (Å²) < 4.78 is 35.8. The SMILES string of the molecule is CC(CO[Si](C)(C)CCCOCC1CO1)(ON1C(C)(C)CC(O[Si](C)(C)CCCOCC2CO2)CC1(C)C)c1ccccc1. The monoisotopic (exact) mass is 651 g/mol. The molecule has 252 valence electrons. The van der Waals surface area contributed by atoms with Crippen LogP contribution in [0.25, 0.3) is 0 Å². The first-order valence-corrected chi connectivity index (χ1v) is 23.1. The highest BCUT2D eigenvalue weighted by atomic mass is 28.4. The molecular formula is C34H61NO7Si2. The molecule has 3 aliphatic rings. The topological polar surface area (TPSA) is 74.5 Å². The Kier molecular flexibility index (Phi) is 12.4. The molecule has 0 amide bonds. The first-order valence-electron chi connectivity index (χ1n) is 16.8. The fourth-order valence-corrected chi connectivity index (χ4v) is 10.5. The van der Waals surface area contributed by atoms with Crippen LogP contribution in [0, 0.1) is 0 Å². The van der Waals surface area contributed by atoms with Crippen molar-refractivity contribution in [2.24, 2.45) is 0 Å². The molecule has 3 aliphatic heterocycles. The molecule has 0 aliphatic carbocycles. The smallest absolute Gasteiger partial charge is 0.187 e. The fourth-order valence-electron chi connectivity index (χ4n) is 6.53. The van der Waals surface area contributed by atoms with E-state index in [9.17, 15) is 0 Å². The molecule has 8 nitrogen and oxygen atoms in total. The Labute approximate surface area is 269 Å². The number of hydrogen-bond donors (Lipinski definition) is 0.